The molecule has 0 radical (unpaired) electrons. The average molecular weight is 626 g/mol. The van der Waals surface area contributed by atoms with Crippen molar-refractivity contribution < 1.29 is 19.5 Å². The number of aromatic hydroxyl groups is 1. The zero-order chi connectivity index (χ0) is 33.2. The summed E-state index contributed by atoms with van der Waals surface area (Å²) in [5, 5.41) is 19.1. The molecular formula is C37H47N5O4. The van der Waals surface area contributed by atoms with Crippen LogP contribution in [0.5, 0.6) is 5.75 Å². The number of rotatable bonds is 14. The van der Waals surface area contributed by atoms with Gasteiger partial charge in [0.15, 0.2) is 0 Å². The van der Waals surface area contributed by atoms with E-state index < -0.39 is 18.1 Å². The third-order valence-corrected chi connectivity index (χ3v) is 8.55. The number of nitrogens with zero attached hydrogens (tertiary/aromatic N) is 1. The van der Waals surface area contributed by atoms with Crippen LogP contribution in [-0.4, -0.2) is 52.4 Å². The molecule has 3 atom stereocenters. The first-order valence-electron chi connectivity index (χ1n) is 16.0. The Morgan fingerprint density at radius 2 is 1.63 bits per heavy atom. The number of carbonyl (C=O) groups is 3. The van der Waals surface area contributed by atoms with E-state index in [1.807, 2.05) is 75.4 Å². The second kappa shape index (κ2) is 16.1. The van der Waals surface area contributed by atoms with Crippen molar-refractivity contribution in [1.29, 1.82) is 0 Å². The Morgan fingerprint density at radius 1 is 0.978 bits per heavy atom. The molecule has 1 heterocycles. The number of phenolic OH excluding ortho intramolecular Hbond substituents is 1. The van der Waals surface area contributed by atoms with Crippen molar-refractivity contribution >= 4 is 17.7 Å². The Bertz CT molecular complexity index is 1520. The molecule has 0 bridgehead atoms. The van der Waals surface area contributed by atoms with Gasteiger partial charge in [-0.1, -0.05) is 61.2 Å². The number of hydrogen-bond donors (Lipinski definition) is 5. The van der Waals surface area contributed by atoms with Crippen LogP contribution in [0, 0.1) is 13.8 Å². The van der Waals surface area contributed by atoms with E-state index in [0.717, 1.165) is 52.0 Å². The molecule has 9 heteroatoms. The molecule has 4 rings (SSSR count). The number of nitrogens with one attached hydrogen (secondary N) is 3. The number of nitrogens with two attached hydrogens (primary N) is 1. The van der Waals surface area contributed by atoms with Gasteiger partial charge in [-0.2, -0.15) is 0 Å². The van der Waals surface area contributed by atoms with Crippen molar-refractivity contribution in [3.8, 4) is 5.75 Å². The van der Waals surface area contributed by atoms with Crippen molar-refractivity contribution in [3.05, 3.63) is 112 Å². The second-order valence-electron chi connectivity index (χ2n) is 12.3. The standard InChI is InChI=1S/C37H47N5O4/c1-24(2)39-17-11-10-16-33(35(44)40-22-27-12-6-5-7-13-27)41-36(45)34-20-28-14-8-9-15-29(28)23-42(34)37(46)32(38)21-31-25(3)18-30(43)19-26(31)4/h5-9,12-15,18-19,32-34,39,43H,1,10-11,16-17,20-23,38H2,2-4H3,(H,40,44)(H,41,45). The first-order valence-corrected chi connectivity index (χ1v) is 16.0. The largest absolute Gasteiger partial charge is 0.508 e. The highest BCUT2D eigenvalue weighted by molar-refractivity contribution is 5.93. The third kappa shape index (κ3) is 9.20. The van der Waals surface area contributed by atoms with Crippen LogP contribution in [0.2, 0.25) is 0 Å². The molecule has 3 unspecified atom stereocenters. The Kier molecular flexibility index (Phi) is 12.0. The summed E-state index contributed by atoms with van der Waals surface area (Å²) in [6.45, 7) is 10.8. The van der Waals surface area contributed by atoms with Gasteiger partial charge in [0.2, 0.25) is 17.7 Å². The summed E-state index contributed by atoms with van der Waals surface area (Å²) in [5.74, 6) is -0.823. The number of fused-ring (bicyclic) bond motifs is 1. The molecule has 3 aromatic carbocycles. The summed E-state index contributed by atoms with van der Waals surface area (Å²) in [5.41, 5.74) is 12.9. The number of allylic oxidation sites excluding steroid dienone is 1. The summed E-state index contributed by atoms with van der Waals surface area (Å²) in [4.78, 5) is 43.0. The number of hydrogen-bond acceptors (Lipinski definition) is 6. The van der Waals surface area contributed by atoms with Crippen molar-refractivity contribution in [2.24, 2.45) is 5.73 Å². The summed E-state index contributed by atoms with van der Waals surface area (Å²) < 4.78 is 0. The molecular weight excluding hydrogens is 578 g/mol. The monoisotopic (exact) mass is 625 g/mol. The van der Waals surface area contributed by atoms with E-state index in [0.29, 0.717) is 25.8 Å². The first kappa shape index (κ1) is 34.2. The minimum Gasteiger partial charge on any atom is -0.508 e. The number of benzene rings is 3. The molecule has 3 amide bonds. The minimum absolute atomic E-state index is 0.164. The van der Waals surface area contributed by atoms with Gasteiger partial charge in [-0.25, -0.2) is 0 Å². The van der Waals surface area contributed by atoms with Gasteiger partial charge >= 0.3 is 0 Å². The van der Waals surface area contributed by atoms with Crippen LogP contribution in [0.15, 0.2) is 79.0 Å². The zero-order valence-electron chi connectivity index (χ0n) is 27.1. The van der Waals surface area contributed by atoms with Crippen LogP contribution < -0.4 is 21.7 Å². The maximum Gasteiger partial charge on any atom is 0.243 e. The minimum atomic E-state index is -0.895. The molecule has 9 nitrogen and oxygen atoms in total. The predicted octanol–water partition coefficient (Wildman–Crippen LogP) is 3.93. The van der Waals surface area contributed by atoms with Crippen LogP contribution in [0.1, 0.15) is 59.6 Å². The fourth-order valence-electron chi connectivity index (χ4n) is 6.02. The molecule has 1 aliphatic heterocycles. The van der Waals surface area contributed by atoms with Crippen LogP contribution in [0.4, 0.5) is 0 Å². The zero-order valence-corrected chi connectivity index (χ0v) is 27.1. The van der Waals surface area contributed by atoms with E-state index in [9.17, 15) is 19.5 Å². The highest BCUT2D eigenvalue weighted by Gasteiger charge is 2.38. The van der Waals surface area contributed by atoms with Crippen LogP contribution in [-0.2, 0) is 40.3 Å². The fourth-order valence-corrected chi connectivity index (χ4v) is 6.02. The van der Waals surface area contributed by atoms with Gasteiger partial charge in [0.25, 0.3) is 0 Å². The lowest BCUT2D eigenvalue weighted by molar-refractivity contribution is -0.143. The summed E-state index contributed by atoms with van der Waals surface area (Å²) in [6, 6.07) is 18.2. The highest BCUT2D eigenvalue weighted by Crippen LogP contribution is 2.26. The normalized spacial score (nSPS) is 15.3. The SMILES string of the molecule is C=C(C)NCCCCC(NC(=O)C1Cc2ccccc2CN1C(=O)C(N)Cc1c(C)cc(O)cc1C)C(=O)NCc1ccccc1. The number of carbonyl (C=O) groups excluding carboxylic acids is 3. The number of aryl methyl sites for hydroxylation is 2. The molecule has 0 spiro atoms. The maximum atomic E-state index is 14.0. The Hall–Kier alpha value is -4.63. The van der Waals surface area contributed by atoms with Crippen molar-refractivity contribution in [1.82, 2.24) is 20.9 Å². The molecule has 0 aliphatic carbocycles. The van der Waals surface area contributed by atoms with Gasteiger partial charge in [0.05, 0.1) is 6.04 Å². The molecule has 46 heavy (non-hydrogen) atoms. The van der Waals surface area contributed by atoms with Gasteiger partial charge in [-0.3, -0.25) is 14.4 Å². The van der Waals surface area contributed by atoms with E-state index in [1.165, 1.54) is 0 Å². The topological polar surface area (TPSA) is 137 Å². The van der Waals surface area contributed by atoms with E-state index in [-0.39, 0.29) is 36.4 Å². The lowest BCUT2D eigenvalue weighted by Crippen LogP contribution is -2.59. The van der Waals surface area contributed by atoms with Gasteiger partial charge in [-0.05, 0) is 92.0 Å². The molecule has 6 N–H and O–H groups in total. The summed E-state index contributed by atoms with van der Waals surface area (Å²) in [6.07, 6.45) is 2.54. The number of unbranched alkanes of at least 4 members (excludes halogenated alkanes) is 1. The van der Waals surface area contributed by atoms with Gasteiger partial charge in [0, 0.05) is 31.8 Å². The Morgan fingerprint density at radius 3 is 2.30 bits per heavy atom. The molecule has 3 aromatic rings. The van der Waals surface area contributed by atoms with E-state index >= 15 is 0 Å². The quantitative estimate of drug-likeness (QED) is 0.172. The number of amides is 3. The van der Waals surface area contributed by atoms with E-state index in [2.05, 4.69) is 22.5 Å². The first-order chi connectivity index (χ1) is 22.0. The van der Waals surface area contributed by atoms with Crippen molar-refractivity contribution in [3.63, 3.8) is 0 Å². The summed E-state index contributed by atoms with van der Waals surface area (Å²) in [7, 11) is 0. The molecule has 0 saturated heterocycles. The Balaban J connectivity index is 1.52. The van der Waals surface area contributed by atoms with Gasteiger partial charge < -0.3 is 31.7 Å². The average Bonchev–Trinajstić information content (AvgIpc) is 3.03. The molecule has 1 aliphatic rings. The van der Waals surface area contributed by atoms with Crippen molar-refractivity contribution in [2.45, 2.75) is 84.1 Å². The fraction of sp³-hybridized carbons (Fsp3) is 0.378. The molecule has 244 valence electrons. The van der Waals surface area contributed by atoms with E-state index in [1.54, 1.807) is 17.0 Å². The maximum absolute atomic E-state index is 14.0. The lowest BCUT2D eigenvalue weighted by Gasteiger charge is -2.38. The number of phenols is 1. The predicted molar refractivity (Wildman–Crippen MR) is 181 cm³/mol. The van der Waals surface area contributed by atoms with E-state index in [4.69, 9.17) is 5.73 Å². The smallest absolute Gasteiger partial charge is 0.243 e. The second-order valence-corrected chi connectivity index (χ2v) is 12.3. The van der Waals surface area contributed by atoms with Crippen LogP contribution in [0.3, 0.4) is 0 Å². The molecule has 0 saturated carbocycles. The highest BCUT2D eigenvalue weighted by atomic mass is 16.3. The Labute approximate surface area is 272 Å². The summed E-state index contributed by atoms with van der Waals surface area (Å²) >= 11 is 0. The van der Waals surface area contributed by atoms with Crippen molar-refractivity contribution in [2.75, 3.05) is 6.54 Å². The van der Waals surface area contributed by atoms with Crippen LogP contribution >= 0.6 is 0 Å². The lowest BCUT2D eigenvalue weighted by atomic mass is 9.91. The van der Waals surface area contributed by atoms with Gasteiger partial charge in [0.1, 0.15) is 17.8 Å². The van der Waals surface area contributed by atoms with Gasteiger partial charge in [-0.15, -0.1) is 0 Å². The molecule has 0 fully saturated rings. The molecule has 0 aromatic heterocycles. The van der Waals surface area contributed by atoms with Crippen LogP contribution in [0.25, 0.3) is 0 Å². The third-order valence-electron chi connectivity index (χ3n) is 8.55.